The lowest BCUT2D eigenvalue weighted by molar-refractivity contribution is 0.0698. The van der Waals surface area contributed by atoms with Gasteiger partial charge in [-0.3, -0.25) is 0 Å². The van der Waals surface area contributed by atoms with E-state index in [0.717, 1.165) is 17.2 Å². The monoisotopic (exact) mass is 218 g/mol. The van der Waals surface area contributed by atoms with Crippen molar-refractivity contribution >= 4 is 16.9 Å². The van der Waals surface area contributed by atoms with Gasteiger partial charge in [-0.2, -0.15) is 0 Å². The summed E-state index contributed by atoms with van der Waals surface area (Å²) in [5.74, 6) is -1.12. The van der Waals surface area contributed by atoms with Crippen LogP contribution in [0.1, 0.15) is 21.5 Å². The summed E-state index contributed by atoms with van der Waals surface area (Å²) < 4.78 is 5.02. The van der Waals surface area contributed by atoms with Gasteiger partial charge in [-0.15, -0.1) is 0 Å². The average Bonchev–Trinajstić information content (AvgIpc) is 2.18. The minimum absolute atomic E-state index is 0.0157. The molecule has 0 spiro atoms. The van der Waals surface area contributed by atoms with Gasteiger partial charge >= 0.3 is 11.6 Å². The predicted molar refractivity (Wildman–Crippen MR) is 58.9 cm³/mol. The second-order valence-electron chi connectivity index (χ2n) is 3.74. The van der Waals surface area contributed by atoms with Gasteiger partial charge in [-0.05, 0) is 31.0 Å². The number of aryl methyl sites for hydroxylation is 2. The van der Waals surface area contributed by atoms with E-state index >= 15 is 0 Å². The van der Waals surface area contributed by atoms with Gasteiger partial charge in [0.15, 0.2) is 0 Å². The van der Waals surface area contributed by atoms with Crippen LogP contribution in [0.25, 0.3) is 11.0 Å². The molecule has 4 heteroatoms. The molecule has 0 aliphatic heterocycles. The van der Waals surface area contributed by atoms with Crippen molar-refractivity contribution in [3.63, 3.8) is 0 Å². The van der Waals surface area contributed by atoms with Gasteiger partial charge in [0.2, 0.25) is 0 Å². The van der Waals surface area contributed by atoms with E-state index in [4.69, 9.17) is 9.52 Å². The molecule has 0 unspecified atom stereocenters. The molecule has 0 fully saturated rings. The average molecular weight is 218 g/mol. The molecule has 0 bridgehead atoms. The molecule has 16 heavy (non-hydrogen) atoms. The number of carbonyl (C=O) groups is 1. The Morgan fingerprint density at radius 3 is 2.56 bits per heavy atom. The van der Waals surface area contributed by atoms with Crippen LogP contribution >= 0.6 is 0 Å². The van der Waals surface area contributed by atoms with E-state index in [0.29, 0.717) is 11.0 Å². The number of hydrogen-bond acceptors (Lipinski definition) is 3. The molecule has 2 aromatic rings. The first-order chi connectivity index (χ1) is 7.49. The fourth-order valence-corrected chi connectivity index (χ4v) is 1.79. The fraction of sp³-hybridized carbons (Fsp3) is 0.167. The molecule has 0 aliphatic carbocycles. The number of aromatic carboxylic acids is 1. The van der Waals surface area contributed by atoms with E-state index in [2.05, 4.69) is 0 Å². The molecule has 0 saturated heterocycles. The van der Waals surface area contributed by atoms with Crippen molar-refractivity contribution in [2.45, 2.75) is 13.8 Å². The summed E-state index contributed by atoms with van der Waals surface area (Å²) >= 11 is 0. The lowest BCUT2D eigenvalue weighted by Gasteiger charge is -2.05. The second-order valence-corrected chi connectivity index (χ2v) is 3.74. The summed E-state index contributed by atoms with van der Waals surface area (Å²) in [4.78, 5) is 22.2. The summed E-state index contributed by atoms with van der Waals surface area (Å²) in [7, 11) is 0. The minimum Gasteiger partial charge on any atom is -0.478 e. The molecule has 4 nitrogen and oxygen atoms in total. The lowest BCUT2D eigenvalue weighted by atomic mass is 10.0. The first-order valence-corrected chi connectivity index (χ1v) is 4.77. The second kappa shape index (κ2) is 3.48. The molecule has 1 heterocycles. The van der Waals surface area contributed by atoms with Crippen LogP contribution in [0.5, 0.6) is 0 Å². The highest BCUT2D eigenvalue weighted by molar-refractivity contribution is 6.02. The third-order valence-corrected chi connectivity index (χ3v) is 2.40. The van der Waals surface area contributed by atoms with Crippen molar-refractivity contribution in [1.29, 1.82) is 0 Å². The molecule has 0 aliphatic rings. The Kier molecular flexibility index (Phi) is 2.27. The minimum atomic E-state index is -1.12. The molecule has 1 aromatic heterocycles. The molecule has 0 saturated carbocycles. The van der Waals surface area contributed by atoms with Crippen LogP contribution in [-0.4, -0.2) is 11.1 Å². The number of carboxylic acid groups (broad SMARTS) is 1. The van der Waals surface area contributed by atoms with Crippen molar-refractivity contribution in [3.05, 3.63) is 45.3 Å². The van der Waals surface area contributed by atoms with Gasteiger partial charge in [-0.1, -0.05) is 6.07 Å². The Morgan fingerprint density at radius 1 is 1.25 bits per heavy atom. The molecular formula is C12H10O4. The quantitative estimate of drug-likeness (QED) is 0.744. The van der Waals surface area contributed by atoms with Gasteiger partial charge in [0, 0.05) is 11.5 Å². The molecule has 82 valence electrons. The number of benzene rings is 1. The predicted octanol–water partition coefficient (Wildman–Crippen LogP) is 2.11. The van der Waals surface area contributed by atoms with Gasteiger partial charge in [0.05, 0.1) is 5.56 Å². The van der Waals surface area contributed by atoms with Crippen molar-refractivity contribution in [1.82, 2.24) is 0 Å². The van der Waals surface area contributed by atoms with Crippen LogP contribution in [0.2, 0.25) is 0 Å². The summed E-state index contributed by atoms with van der Waals surface area (Å²) in [6.45, 7) is 3.65. The molecule has 0 amide bonds. The normalized spacial score (nSPS) is 10.6. The number of rotatable bonds is 1. The van der Waals surface area contributed by atoms with E-state index < -0.39 is 11.6 Å². The molecular weight excluding hydrogens is 208 g/mol. The van der Waals surface area contributed by atoms with Gasteiger partial charge < -0.3 is 9.52 Å². The maximum Gasteiger partial charge on any atom is 0.337 e. The molecule has 1 aromatic carbocycles. The first-order valence-electron chi connectivity index (χ1n) is 4.77. The highest BCUT2D eigenvalue weighted by atomic mass is 16.4. The maximum absolute atomic E-state index is 11.2. The van der Waals surface area contributed by atoms with Crippen LogP contribution in [0, 0.1) is 13.8 Å². The summed E-state index contributed by atoms with van der Waals surface area (Å²) in [5, 5.41) is 9.47. The molecule has 2 rings (SSSR count). The fourth-order valence-electron chi connectivity index (χ4n) is 1.79. The van der Waals surface area contributed by atoms with Crippen molar-refractivity contribution in [2.24, 2.45) is 0 Å². The van der Waals surface area contributed by atoms with Gasteiger partial charge in [0.25, 0.3) is 0 Å². The summed E-state index contributed by atoms with van der Waals surface area (Å²) in [6, 6.07) is 4.55. The van der Waals surface area contributed by atoms with Crippen LogP contribution in [0.15, 0.2) is 27.4 Å². The highest BCUT2D eigenvalue weighted by Gasteiger charge is 2.13. The molecule has 0 atom stereocenters. The topological polar surface area (TPSA) is 67.5 Å². The van der Waals surface area contributed by atoms with E-state index in [-0.39, 0.29) is 5.56 Å². The molecule has 0 radical (unpaired) electrons. The van der Waals surface area contributed by atoms with Crippen LogP contribution in [0.3, 0.4) is 0 Å². The van der Waals surface area contributed by atoms with Crippen molar-refractivity contribution in [3.8, 4) is 0 Å². The van der Waals surface area contributed by atoms with Gasteiger partial charge in [0.1, 0.15) is 5.58 Å². The van der Waals surface area contributed by atoms with Crippen molar-refractivity contribution in [2.75, 3.05) is 0 Å². The zero-order chi connectivity index (χ0) is 11.9. The summed E-state index contributed by atoms with van der Waals surface area (Å²) in [5.41, 5.74) is 1.38. The van der Waals surface area contributed by atoms with Crippen LogP contribution < -0.4 is 5.63 Å². The Bertz CT molecular complexity index is 637. The number of fused-ring (bicyclic) bond motifs is 1. The number of hydrogen-bond donors (Lipinski definition) is 1. The Morgan fingerprint density at radius 2 is 1.94 bits per heavy atom. The zero-order valence-electron chi connectivity index (χ0n) is 8.90. The first kappa shape index (κ1) is 10.4. The third kappa shape index (κ3) is 1.58. The Balaban J connectivity index is 3.01. The Hall–Kier alpha value is -2.10. The van der Waals surface area contributed by atoms with Crippen LogP contribution in [-0.2, 0) is 0 Å². The molecule has 1 N–H and O–H groups in total. The SMILES string of the molecule is Cc1cc(C)c2oc(=O)cc(C(=O)O)c2c1. The highest BCUT2D eigenvalue weighted by Crippen LogP contribution is 2.22. The largest absolute Gasteiger partial charge is 0.478 e. The zero-order valence-corrected chi connectivity index (χ0v) is 8.90. The lowest BCUT2D eigenvalue weighted by Crippen LogP contribution is -2.06. The van der Waals surface area contributed by atoms with E-state index in [1.165, 1.54) is 0 Å². The third-order valence-electron chi connectivity index (χ3n) is 2.40. The van der Waals surface area contributed by atoms with E-state index in [1.807, 2.05) is 13.0 Å². The number of carboxylic acids is 1. The Labute approximate surface area is 91.1 Å². The van der Waals surface area contributed by atoms with E-state index in [9.17, 15) is 9.59 Å². The van der Waals surface area contributed by atoms with Crippen molar-refractivity contribution < 1.29 is 14.3 Å². The van der Waals surface area contributed by atoms with Gasteiger partial charge in [-0.25, -0.2) is 9.59 Å². The van der Waals surface area contributed by atoms with Crippen LogP contribution in [0.4, 0.5) is 0 Å². The standard InChI is InChI=1S/C12H10O4/c1-6-3-7(2)11-8(4-6)9(12(14)15)5-10(13)16-11/h3-5H,1-2H3,(H,14,15). The summed E-state index contributed by atoms with van der Waals surface area (Å²) in [6.07, 6.45) is 0. The maximum atomic E-state index is 11.2. The van der Waals surface area contributed by atoms with E-state index in [1.54, 1.807) is 13.0 Å². The smallest absolute Gasteiger partial charge is 0.337 e.